The number of nitriles is 1. The van der Waals surface area contributed by atoms with E-state index in [0.717, 1.165) is 5.56 Å². The zero-order valence-corrected chi connectivity index (χ0v) is 11.0. The average molecular weight is 265 g/mol. The molecule has 1 unspecified atom stereocenters. The molecule has 0 aliphatic heterocycles. The molecule has 0 spiro atoms. The summed E-state index contributed by atoms with van der Waals surface area (Å²) in [6, 6.07) is 20.7. The molecule has 3 heteroatoms. The first-order valence-electron chi connectivity index (χ1n) is 6.40. The summed E-state index contributed by atoms with van der Waals surface area (Å²) in [5.74, 6) is -0.971. The zero-order chi connectivity index (χ0) is 14.2. The number of nitrogens with zero attached hydrogens (tertiary/aromatic N) is 1. The Bertz CT molecular complexity index is 587. The van der Waals surface area contributed by atoms with E-state index in [9.17, 15) is 4.79 Å². The molecule has 2 aromatic carbocycles. The molecule has 0 fully saturated rings. The fraction of sp³-hybridized carbons (Fsp3) is 0.176. The molecular formula is C17H15NO2. The maximum atomic E-state index is 12.0. The lowest BCUT2D eigenvalue weighted by Gasteiger charge is -2.09. The van der Waals surface area contributed by atoms with Gasteiger partial charge in [0.05, 0.1) is 12.7 Å². The van der Waals surface area contributed by atoms with Gasteiger partial charge in [0, 0.05) is 0 Å². The van der Waals surface area contributed by atoms with E-state index in [1.54, 1.807) is 12.1 Å². The van der Waals surface area contributed by atoms with Crippen LogP contribution < -0.4 is 0 Å². The summed E-state index contributed by atoms with van der Waals surface area (Å²) in [5.41, 5.74) is 1.72. The molecule has 0 radical (unpaired) electrons. The standard InChI is InChI=1S/C17H15NO2/c18-11-16(15-9-5-2-6-10-15)17(19)13-20-12-14-7-3-1-4-8-14/h1-10,16H,12-13H2. The Balaban J connectivity index is 1.89. The Morgan fingerprint density at radius 3 is 2.25 bits per heavy atom. The molecule has 0 aliphatic carbocycles. The largest absolute Gasteiger partial charge is 0.369 e. The zero-order valence-electron chi connectivity index (χ0n) is 11.0. The number of hydrogen-bond donors (Lipinski definition) is 0. The van der Waals surface area contributed by atoms with Crippen molar-refractivity contribution in [3.8, 4) is 6.07 Å². The molecule has 1 atom stereocenters. The number of carbonyl (C=O) groups excluding carboxylic acids is 1. The quantitative estimate of drug-likeness (QED) is 0.806. The van der Waals surface area contributed by atoms with Crippen LogP contribution in [0.5, 0.6) is 0 Å². The van der Waals surface area contributed by atoms with E-state index >= 15 is 0 Å². The van der Waals surface area contributed by atoms with Crippen molar-refractivity contribution in [2.75, 3.05) is 6.61 Å². The molecule has 3 nitrogen and oxygen atoms in total. The van der Waals surface area contributed by atoms with Crippen LogP contribution in [0.25, 0.3) is 0 Å². The van der Waals surface area contributed by atoms with Crippen molar-refractivity contribution in [3.63, 3.8) is 0 Å². The van der Waals surface area contributed by atoms with E-state index in [-0.39, 0.29) is 12.4 Å². The normalized spacial score (nSPS) is 11.6. The SMILES string of the molecule is N#CC(C(=O)COCc1ccccc1)c1ccccc1. The maximum absolute atomic E-state index is 12.0. The van der Waals surface area contributed by atoms with Gasteiger partial charge in [-0.05, 0) is 11.1 Å². The van der Waals surface area contributed by atoms with Crippen molar-refractivity contribution in [1.29, 1.82) is 5.26 Å². The van der Waals surface area contributed by atoms with Crippen LogP contribution in [0.2, 0.25) is 0 Å². The number of benzene rings is 2. The van der Waals surface area contributed by atoms with Crippen molar-refractivity contribution in [2.45, 2.75) is 12.5 Å². The highest BCUT2D eigenvalue weighted by molar-refractivity contribution is 5.89. The van der Waals surface area contributed by atoms with E-state index in [4.69, 9.17) is 10.00 Å². The summed E-state index contributed by atoms with van der Waals surface area (Å²) >= 11 is 0. The average Bonchev–Trinajstić information content (AvgIpc) is 2.50. The highest BCUT2D eigenvalue weighted by atomic mass is 16.5. The Kier molecular flexibility index (Phi) is 5.05. The van der Waals surface area contributed by atoms with Crippen LogP contribution in [0.4, 0.5) is 0 Å². The minimum Gasteiger partial charge on any atom is -0.369 e. The smallest absolute Gasteiger partial charge is 0.180 e. The van der Waals surface area contributed by atoms with Gasteiger partial charge in [-0.15, -0.1) is 0 Å². The summed E-state index contributed by atoms with van der Waals surface area (Å²) in [4.78, 5) is 12.0. The Morgan fingerprint density at radius 1 is 1.05 bits per heavy atom. The van der Waals surface area contributed by atoms with Crippen LogP contribution in [0.1, 0.15) is 17.0 Å². The predicted octanol–water partition coefficient (Wildman–Crippen LogP) is 3.08. The van der Waals surface area contributed by atoms with E-state index in [0.29, 0.717) is 12.2 Å². The summed E-state index contributed by atoms with van der Waals surface area (Å²) < 4.78 is 5.39. The van der Waals surface area contributed by atoms with Crippen molar-refractivity contribution < 1.29 is 9.53 Å². The van der Waals surface area contributed by atoms with Gasteiger partial charge in [-0.3, -0.25) is 4.79 Å². The first-order valence-corrected chi connectivity index (χ1v) is 6.40. The lowest BCUT2D eigenvalue weighted by Crippen LogP contribution is -2.17. The van der Waals surface area contributed by atoms with E-state index in [2.05, 4.69) is 0 Å². The van der Waals surface area contributed by atoms with E-state index in [1.165, 1.54) is 0 Å². The number of rotatable bonds is 6. The minimum atomic E-state index is -0.757. The Morgan fingerprint density at radius 2 is 1.65 bits per heavy atom. The summed E-state index contributed by atoms with van der Waals surface area (Å²) in [6.07, 6.45) is 0. The first kappa shape index (κ1) is 14.0. The Labute approximate surface area is 118 Å². The van der Waals surface area contributed by atoms with Crippen molar-refractivity contribution in [1.82, 2.24) is 0 Å². The molecule has 2 rings (SSSR count). The molecule has 0 heterocycles. The van der Waals surface area contributed by atoms with E-state index in [1.807, 2.05) is 54.6 Å². The molecule has 2 aromatic rings. The van der Waals surface area contributed by atoms with Crippen LogP contribution in [-0.4, -0.2) is 12.4 Å². The third kappa shape index (κ3) is 3.78. The van der Waals surface area contributed by atoms with Crippen LogP contribution in [0.15, 0.2) is 60.7 Å². The molecular weight excluding hydrogens is 250 g/mol. The van der Waals surface area contributed by atoms with Crippen LogP contribution in [-0.2, 0) is 16.1 Å². The number of hydrogen-bond acceptors (Lipinski definition) is 3. The lowest BCUT2D eigenvalue weighted by atomic mass is 9.97. The van der Waals surface area contributed by atoms with Crippen LogP contribution in [0.3, 0.4) is 0 Å². The van der Waals surface area contributed by atoms with Crippen molar-refractivity contribution in [3.05, 3.63) is 71.8 Å². The third-order valence-electron chi connectivity index (χ3n) is 2.94. The van der Waals surface area contributed by atoms with E-state index < -0.39 is 5.92 Å². The van der Waals surface area contributed by atoms with Gasteiger partial charge in [-0.25, -0.2) is 0 Å². The highest BCUT2D eigenvalue weighted by Crippen LogP contribution is 2.16. The van der Waals surface area contributed by atoms with Gasteiger partial charge in [0.15, 0.2) is 5.78 Å². The molecule has 0 amide bonds. The van der Waals surface area contributed by atoms with Crippen LogP contribution >= 0.6 is 0 Å². The topological polar surface area (TPSA) is 50.1 Å². The number of ketones is 1. The van der Waals surface area contributed by atoms with Gasteiger partial charge in [0.1, 0.15) is 12.5 Å². The second-order valence-corrected chi connectivity index (χ2v) is 4.42. The molecule has 20 heavy (non-hydrogen) atoms. The fourth-order valence-electron chi connectivity index (χ4n) is 1.90. The van der Waals surface area contributed by atoms with Gasteiger partial charge in [0.2, 0.25) is 0 Å². The Hall–Kier alpha value is -2.44. The number of carbonyl (C=O) groups is 1. The highest BCUT2D eigenvalue weighted by Gasteiger charge is 2.19. The first-order chi connectivity index (χ1) is 9.81. The summed E-state index contributed by atoms with van der Waals surface area (Å²) in [5, 5.41) is 9.14. The molecule has 0 bridgehead atoms. The van der Waals surface area contributed by atoms with Crippen molar-refractivity contribution in [2.24, 2.45) is 0 Å². The van der Waals surface area contributed by atoms with Gasteiger partial charge in [0.25, 0.3) is 0 Å². The lowest BCUT2D eigenvalue weighted by molar-refractivity contribution is -0.124. The molecule has 100 valence electrons. The van der Waals surface area contributed by atoms with Gasteiger partial charge >= 0.3 is 0 Å². The predicted molar refractivity (Wildman–Crippen MR) is 75.9 cm³/mol. The van der Waals surface area contributed by atoms with Crippen molar-refractivity contribution >= 4 is 5.78 Å². The molecule has 0 N–H and O–H groups in total. The second kappa shape index (κ2) is 7.22. The monoisotopic (exact) mass is 265 g/mol. The minimum absolute atomic E-state index is 0.0536. The summed E-state index contributed by atoms with van der Waals surface area (Å²) in [7, 11) is 0. The second-order valence-electron chi connectivity index (χ2n) is 4.42. The molecule has 0 aromatic heterocycles. The number of ether oxygens (including phenoxy) is 1. The summed E-state index contributed by atoms with van der Waals surface area (Å²) in [6.45, 7) is 0.321. The maximum Gasteiger partial charge on any atom is 0.180 e. The molecule has 0 aliphatic rings. The fourth-order valence-corrected chi connectivity index (χ4v) is 1.90. The molecule has 0 saturated carbocycles. The number of Topliss-reactive ketones (excluding diaryl/α,β-unsaturated/α-hetero) is 1. The van der Waals surface area contributed by atoms with Gasteiger partial charge in [-0.2, -0.15) is 5.26 Å². The molecule has 0 saturated heterocycles. The van der Waals surface area contributed by atoms with Gasteiger partial charge in [-0.1, -0.05) is 60.7 Å². The van der Waals surface area contributed by atoms with Crippen LogP contribution in [0, 0.1) is 11.3 Å². The third-order valence-corrected chi connectivity index (χ3v) is 2.94. The van der Waals surface area contributed by atoms with Gasteiger partial charge < -0.3 is 4.74 Å².